The normalized spacial score (nSPS) is 33.8. The Bertz CT molecular complexity index is 488. The van der Waals surface area contributed by atoms with Crippen LogP contribution in [-0.4, -0.2) is 25.9 Å². The molecule has 3 rings (SSSR count). The highest BCUT2D eigenvalue weighted by atomic mass is 16.5. The van der Waals surface area contributed by atoms with Crippen LogP contribution < -0.4 is 10.1 Å². The smallest absolute Gasteiger partial charge is 0.127 e. The maximum absolute atomic E-state index is 6.03. The molecule has 5 atom stereocenters. The van der Waals surface area contributed by atoms with Crippen LogP contribution in [0.2, 0.25) is 0 Å². The zero-order valence-electron chi connectivity index (χ0n) is 12.8. The summed E-state index contributed by atoms with van der Waals surface area (Å²) in [6, 6.07) is 6.83. The van der Waals surface area contributed by atoms with Gasteiger partial charge in [0.25, 0.3) is 0 Å². The summed E-state index contributed by atoms with van der Waals surface area (Å²) in [5.74, 6) is 2.12. The molecule has 3 nitrogen and oxygen atoms in total. The molecule has 1 fully saturated rings. The Hall–Kier alpha value is -1.06. The first-order valence-corrected chi connectivity index (χ1v) is 7.70. The second-order valence-electron chi connectivity index (χ2n) is 6.18. The van der Waals surface area contributed by atoms with Crippen LogP contribution in [0.1, 0.15) is 37.9 Å². The van der Waals surface area contributed by atoms with E-state index in [4.69, 9.17) is 9.47 Å². The molecule has 1 aromatic rings. The van der Waals surface area contributed by atoms with Crippen molar-refractivity contribution in [1.82, 2.24) is 5.32 Å². The van der Waals surface area contributed by atoms with Crippen molar-refractivity contribution in [3.63, 3.8) is 0 Å². The first-order chi connectivity index (χ1) is 9.63. The summed E-state index contributed by atoms with van der Waals surface area (Å²) in [5.41, 5.74) is 2.64. The van der Waals surface area contributed by atoms with Crippen molar-refractivity contribution in [3.8, 4) is 5.75 Å². The Balaban J connectivity index is 1.97. The number of nitrogens with one attached hydrogen (secondary N) is 1. The van der Waals surface area contributed by atoms with Crippen LogP contribution in [0.15, 0.2) is 18.2 Å². The van der Waals surface area contributed by atoms with Crippen LogP contribution in [-0.2, 0) is 11.2 Å². The second kappa shape index (κ2) is 5.38. The van der Waals surface area contributed by atoms with Crippen molar-refractivity contribution in [2.75, 3.05) is 13.7 Å². The molecule has 2 heterocycles. The fraction of sp³-hybridized carbons (Fsp3) is 0.647. The highest BCUT2D eigenvalue weighted by molar-refractivity contribution is 5.46. The first kappa shape index (κ1) is 13.9. The van der Waals surface area contributed by atoms with E-state index >= 15 is 0 Å². The Kier molecular flexibility index (Phi) is 3.74. The van der Waals surface area contributed by atoms with Gasteiger partial charge in [-0.05, 0) is 32.4 Å². The summed E-state index contributed by atoms with van der Waals surface area (Å²) < 4.78 is 11.9. The van der Waals surface area contributed by atoms with E-state index in [1.54, 1.807) is 0 Å². The molecule has 2 aliphatic rings. The molecule has 0 radical (unpaired) electrons. The van der Waals surface area contributed by atoms with Crippen LogP contribution in [0, 0.1) is 11.8 Å². The van der Waals surface area contributed by atoms with E-state index in [-0.39, 0.29) is 12.1 Å². The number of ether oxygens (including phenoxy) is 2. The molecule has 1 aromatic carbocycles. The Morgan fingerprint density at radius 3 is 2.65 bits per heavy atom. The topological polar surface area (TPSA) is 30.5 Å². The molecule has 0 spiro atoms. The van der Waals surface area contributed by atoms with Crippen LogP contribution in [0.3, 0.4) is 0 Å². The summed E-state index contributed by atoms with van der Waals surface area (Å²) in [7, 11) is 2.04. The third kappa shape index (κ3) is 2.13. The summed E-state index contributed by atoms with van der Waals surface area (Å²) in [5, 5.41) is 3.51. The molecule has 0 aromatic heterocycles. The minimum Gasteiger partial charge on any atom is -0.493 e. The predicted octanol–water partition coefficient (Wildman–Crippen LogP) is 2.94. The van der Waals surface area contributed by atoms with Crippen molar-refractivity contribution in [3.05, 3.63) is 29.3 Å². The zero-order valence-corrected chi connectivity index (χ0v) is 12.8. The SMILES string of the molecule is CNC(c1cccc2c1OCC2)C1C(C)OC(C)C1C. The molecule has 3 heteroatoms. The van der Waals surface area contributed by atoms with Gasteiger partial charge in [0.05, 0.1) is 18.8 Å². The molecule has 1 N–H and O–H groups in total. The van der Waals surface area contributed by atoms with Gasteiger partial charge in [-0.1, -0.05) is 25.1 Å². The van der Waals surface area contributed by atoms with Gasteiger partial charge in [0, 0.05) is 23.9 Å². The summed E-state index contributed by atoms with van der Waals surface area (Å²) in [6.45, 7) is 7.48. The van der Waals surface area contributed by atoms with Crippen molar-refractivity contribution < 1.29 is 9.47 Å². The highest BCUT2D eigenvalue weighted by Gasteiger charge is 2.42. The lowest BCUT2D eigenvalue weighted by molar-refractivity contribution is 0.0477. The third-order valence-corrected chi connectivity index (χ3v) is 5.09. The maximum Gasteiger partial charge on any atom is 0.127 e. The maximum atomic E-state index is 6.03. The van der Waals surface area contributed by atoms with Gasteiger partial charge in [-0.25, -0.2) is 0 Å². The molecule has 0 aliphatic carbocycles. The van der Waals surface area contributed by atoms with E-state index in [0.717, 1.165) is 18.8 Å². The fourth-order valence-corrected chi connectivity index (χ4v) is 3.91. The quantitative estimate of drug-likeness (QED) is 0.920. The van der Waals surface area contributed by atoms with Gasteiger partial charge in [-0.15, -0.1) is 0 Å². The van der Waals surface area contributed by atoms with Crippen molar-refractivity contribution in [2.24, 2.45) is 11.8 Å². The predicted molar refractivity (Wildman–Crippen MR) is 80.1 cm³/mol. The minimum absolute atomic E-state index is 0.273. The lowest BCUT2D eigenvalue weighted by atomic mass is 9.80. The molecule has 2 aliphatic heterocycles. The average Bonchev–Trinajstić information content (AvgIpc) is 3.00. The van der Waals surface area contributed by atoms with Crippen molar-refractivity contribution in [2.45, 2.75) is 45.4 Å². The average molecular weight is 275 g/mol. The fourth-order valence-electron chi connectivity index (χ4n) is 3.91. The van der Waals surface area contributed by atoms with Crippen LogP contribution >= 0.6 is 0 Å². The lowest BCUT2D eigenvalue weighted by Gasteiger charge is -2.30. The Morgan fingerprint density at radius 2 is 2.00 bits per heavy atom. The van der Waals surface area contributed by atoms with E-state index < -0.39 is 0 Å². The summed E-state index contributed by atoms with van der Waals surface area (Å²) >= 11 is 0. The monoisotopic (exact) mass is 275 g/mol. The van der Waals surface area contributed by atoms with E-state index in [1.807, 2.05) is 7.05 Å². The van der Waals surface area contributed by atoms with E-state index in [2.05, 4.69) is 44.3 Å². The molecule has 110 valence electrons. The zero-order chi connectivity index (χ0) is 14.3. The standard InChI is InChI=1S/C17H25NO2/c1-10-11(2)20-12(3)15(10)16(18-4)14-7-5-6-13-8-9-19-17(13)14/h5-7,10-12,15-16,18H,8-9H2,1-4H3. The first-order valence-electron chi connectivity index (χ1n) is 7.70. The molecule has 1 saturated heterocycles. The van der Waals surface area contributed by atoms with Gasteiger partial charge in [0.2, 0.25) is 0 Å². The lowest BCUT2D eigenvalue weighted by Crippen LogP contribution is -2.33. The van der Waals surface area contributed by atoms with Gasteiger partial charge in [-0.3, -0.25) is 0 Å². The molecule has 20 heavy (non-hydrogen) atoms. The number of rotatable bonds is 3. The second-order valence-corrected chi connectivity index (χ2v) is 6.18. The number of para-hydroxylation sites is 1. The van der Waals surface area contributed by atoms with Gasteiger partial charge in [0.1, 0.15) is 5.75 Å². The van der Waals surface area contributed by atoms with Gasteiger partial charge < -0.3 is 14.8 Å². The van der Waals surface area contributed by atoms with Crippen molar-refractivity contribution >= 4 is 0 Å². The van der Waals surface area contributed by atoms with Crippen LogP contribution in [0.25, 0.3) is 0 Å². The molecule has 0 bridgehead atoms. The number of hydrogen-bond acceptors (Lipinski definition) is 3. The number of fused-ring (bicyclic) bond motifs is 1. The van der Waals surface area contributed by atoms with Crippen molar-refractivity contribution in [1.29, 1.82) is 0 Å². The Labute approximate surface area is 121 Å². The van der Waals surface area contributed by atoms with Crippen LogP contribution in [0.4, 0.5) is 0 Å². The van der Waals surface area contributed by atoms with Gasteiger partial charge in [0.15, 0.2) is 0 Å². The largest absolute Gasteiger partial charge is 0.493 e. The van der Waals surface area contributed by atoms with E-state index in [1.165, 1.54) is 11.1 Å². The molecule has 0 amide bonds. The molecular formula is C17H25NO2. The number of benzene rings is 1. The third-order valence-electron chi connectivity index (χ3n) is 5.09. The summed E-state index contributed by atoms with van der Waals surface area (Å²) in [4.78, 5) is 0. The molecule has 5 unspecified atom stereocenters. The Morgan fingerprint density at radius 1 is 1.20 bits per heavy atom. The highest BCUT2D eigenvalue weighted by Crippen LogP contribution is 2.44. The van der Waals surface area contributed by atoms with Crippen LogP contribution in [0.5, 0.6) is 5.75 Å². The van der Waals surface area contributed by atoms with E-state index in [9.17, 15) is 0 Å². The van der Waals surface area contributed by atoms with Gasteiger partial charge in [-0.2, -0.15) is 0 Å². The minimum atomic E-state index is 0.273. The molecular weight excluding hydrogens is 250 g/mol. The summed E-state index contributed by atoms with van der Waals surface area (Å²) in [6.07, 6.45) is 1.63. The number of hydrogen-bond donors (Lipinski definition) is 1. The molecule has 0 saturated carbocycles. The van der Waals surface area contributed by atoms with Gasteiger partial charge >= 0.3 is 0 Å². The van der Waals surface area contributed by atoms with E-state index in [0.29, 0.717) is 17.9 Å².